The molecule has 0 amide bonds. The van der Waals surface area contributed by atoms with Crippen molar-refractivity contribution >= 4 is 23.3 Å². The minimum absolute atomic E-state index is 0.0710. The molecular formula is C15H17ClN4O. The molecule has 0 aliphatic carbocycles. The quantitative estimate of drug-likeness (QED) is 0.394. The van der Waals surface area contributed by atoms with Crippen LogP contribution in [0.25, 0.3) is 0 Å². The van der Waals surface area contributed by atoms with Crippen LogP contribution in [-0.2, 0) is 6.54 Å². The van der Waals surface area contributed by atoms with E-state index in [2.05, 4.69) is 10.1 Å². The van der Waals surface area contributed by atoms with Gasteiger partial charge < -0.3 is 15.8 Å². The van der Waals surface area contributed by atoms with Crippen LogP contribution in [-0.4, -0.2) is 23.1 Å². The van der Waals surface area contributed by atoms with Gasteiger partial charge in [0, 0.05) is 29.9 Å². The molecule has 1 aromatic heterocycles. The number of anilines is 1. The van der Waals surface area contributed by atoms with Crippen LogP contribution in [0.1, 0.15) is 16.8 Å². The van der Waals surface area contributed by atoms with Gasteiger partial charge in [0.2, 0.25) is 0 Å². The van der Waals surface area contributed by atoms with E-state index in [-0.39, 0.29) is 5.84 Å². The number of amidine groups is 1. The number of nitrogens with zero attached hydrogens (tertiary/aromatic N) is 3. The van der Waals surface area contributed by atoms with E-state index in [4.69, 9.17) is 22.5 Å². The van der Waals surface area contributed by atoms with E-state index in [1.165, 1.54) is 0 Å². The molecule has 110 valence electrons. The van der Waals surface area contributed by atoms with Gasteiger partial charge in [-0.3, -0.25) is 0 Å². The highest BCUT2D eigenvalue weighted by molar-refractivity contribution is 6.30. The molecule has 0 saturated heterocycles. The van der Waals surface area contributed by atoms with Gasteiger partial charge in [-0.05, 0) is 36.8 Å². The first-order valence-electron chi connectivity index (χ1n) is 6.42. The summed E-state index contributed by atoms with van der Waals surface area (Å²) >= 11 is 5.88. The first kappa shape index (κ1) is 15.1. The first-order valence-corrected chi connectivity index (χ1v) is 6.79. The van der Waals surface area contributed by atoms with Crippen LogP contribution >= 0.6 is 11.6 Å². The number of oxime groups is 1. The van der Waals surface area contributed by atoms with Crippen molar-refractivity contribution in [2.75, 3.05) is 11.9 Å². The smallest absolute Gasteiger partial charge is 0.170 e. The second-order valence-corrected chi connectivity index (χ2v) is 5.26. The third-order valence-electron chi connectivity index (χ3n) is 3.07. The largest absolute Gasteiger partial charge is 0.409 e. The van der Waals surface area contributed by atoms with E-state index in [9.17, 15) is 0 Å². The van der Waals surface area contributed by atoms with Crippen molar-refractivity contribution in [3.63, 3.8) is 0 Å². The van der Waals surface area contributed by atoms with E-state index in [1.807, 2.05) is 43.1 Å². The molecule has 0 radical (unpaired) electrons. The zero-order chi connectivity index (χ0) is 15.4. The van der Waals surface area contributed by atoms with Crippen LogP contribution in [0, 0.1) is 6.92 Å². The Morgan fingerprint density at radius 3 is 2.62 bits per heavy atom. The molecule has 0 unspecified atom stereocenters. The predicted octanol–water partition coefficient (Wildman–Crippen LogP) is 2.77. The van der Waals surface area contributed by atoms with E-state index < -0.39 is 0 Å². The van der Waals surface area contributed by atoms with E-state index in [1.54, 1.807) is 12.1 Å². The van der Waals surface area contributed by atoms with E-state index in [0.29, 0.717) is 17.1 Å². The van der Waals surface area contributed by atoms with Crippen molar-refractivity contribution in [2.24, 2.45) is 10.9 Å². The number of hydrogen-bond acceptors (Lipinski definition) is 4. The average Bonchev–Trinajstić information content (AvgIpc) is 2.48. The van der Waals surface area contributed by atoms with Gasteiger partial charge in [0.15, 0.2) is 5.84 Å². The monoisotopic (exact) mass is 304 g/mol. The number of aryl methyl sites for hydroxylation is 1. The molecule has 21 heavy (non-hydrogen) atoms. The predicted molar refractivity (Wildman–Crippen MR) is 85.0 cm³/mol. The van der Waals surface area contributed by atoms with Crippen LogP contribution in [0.15, 0.2) is 41.6 Å². The molecule has 0 aliphatic heterocycles. The highest BCUT2D eigenvalue weighted by atomic mass is 35.5. The van der Waals surface area contributed by atoms with Gasteiger partial charge in [0.05, 0.1) is 0 Å². The molecule has 5 nitrogen and oxygen atoms in total. The number of halogens is 1. The normalized spacial score (nSPS) is 11.5. The molecule has 2 rings (SSSR count). The summed E-state index contributed by atoms with van der Waals surface area (Å²) in [7, 11) is 1.94. The van der Waals surface area contributed by atoms with Crippen molar-refractivity contribution in [1.82, 2.24) is 4.98 Å². The Kier molecular flexibility index (Phi) is 4.65. The summed E-state index contributed by atoms with van der Waals surface area (Å²) in [4.78, 5) is 6.46. The lowest BCUT2D eigenvalue weighted by atomic mass is 10.2. The third kappa shape index (κ3) is 3.86. The molecule has 1 aromatic carbocycles. The lowest BCUT2D eigenvalue weighted by Gasteiger charge is -2.19. The molecule has 0 spiro atoms. The second-order valence-electron chi connectivity index (χ2n) is 4.82. The lowest BCUT2D eigenvalue weighted by Crippen LogP contribution is -2.20. The molecule has 1 heterocycles. The maximum atomic E-state index is 8.79. The zero-order valence-electron chi connectivity index (χ0n) is 11.9. The fraction of sp³-hybridized carbons (Fsp3) is 0.200. The highest BCUT2D eigenvalue weighted by Crippen LogP contribution is 2.17. The van der Waals surface area contributed by atoms with E-state index >= 15 is 0 Å². The van der Waals surface area contributed by atoms with Crippen LogP contribution in [0.2, 0.25) is 5.02 Å². The summed E-state index contributed by atoms with van der Waals surface area (Å²) in [6.07, 6.45) is 0. The van der Waals surface area contributed by atoms with Crippen LogP contribution in [0.3, 0.4) is 0 Å². The van der Waals surface area contributed by atoms with Crippen LogP contribution in [0.4, 0.5) is 5.82 Å². The maximum Gasteiger partial charge on any atom is 0.170 e. The van der Waals surface area contributed by atoms with Gasteiger partial charge in [0.25, 0.3) is 0 Å². The Morgan fingerprint density at radius 1 is 1.33 bits per heavy atom. The average molecular weight is 305 g/mol. The molecular weight excluding hydrogens is 288 g/mol. The van der Waals surface area contributed by atoms with Crippen molar-refractivity contribution < 1.29 is 5.21 Å². The number of pyridine rings is 1. The standard InChI is InChI=1S/C15H17ClN4O/c1-10-7-12(15(17)19-21)8-14(18-10)20(2)9-11-3-5-13(16)6-4-11/h3-8,21H,9H2,1-2H3,(H2,17,19). The molecule has 0 atom stereocenters. The summed E-state index contributed by atoms with van der Waals surface area (Å²) in [6.45, 7) is 2.55. The summed E-state index contributed by atoms with van der Waals surface area (Å²) in [5.41, 5.74) is 8.21. The fourth-order valence-corrected chi connectivity index (χ4v) is 2.12. The number of aromatic nitrogens is 1. The number of nitrogens with two attached hydrogens (primary N) is 1. The van der Waals surface area contributed by atoms with Crippen molar-refractivity contribution in [3.05, 3.63) is 58.2 Å². The van der Waals surface area contributed by atoms with Gasteiger partial charge in [0.1, 0.15) is 5.82 Å². The Hall–Kier alpha value is -2.27. The fourth-order valence-electron chi connectivity index (χ4n) is 2.00. The number of rotatable bonds is 4. The second kappa shape index (κ2) is 6.45. The summed E-state index contributed by atoms with van der Waals surface area (Å²) in [6, 6.07) is 11.2. The SMILES string of the molecule is Cc1cc(/C(N)=N/O)cc(N(C)Cc2ccc(Cl)cc2)n1. The first-order chi connectivity index (χ1) is 9.99. The number of hydrogen-bond donors (Lipinski definition) is 2. The minimum atomic E-state index is 0.0710. The molecule has 0 saturated carbocycles. The minimum Gasteiger partial charge on any atom is -0.409 e. The molecule has 0 aliphatic rings. The maximum absolute atomic E-state index is 8.79. The van der Waals surface area contributed by atoms with Gasteiger partial charge in [-0.1, -0.05) is 28.9 Å². The molecule has 2 aromatic rings. The van der Waals surface area contributed by atoms with Gasteiger partial charge >= 0.3 is 0 Å². The van der Waals surface area contributed by atoms with Crippen molar-refractivity contribution in [1.29, 1.82) is 0 Å². The topological polar surface area (TPSA) is 74.7 Å². The summed E-state index contributed by atoms with van der Waals surface area (Å²) < 4.78 is 0. The Morgan fingerprint density at radius 2 is 2.00 bits per heavy atom. The molecule has 3 N–H and O–H groups in total. The lowest BCUT2D eigenvalue weighted by molar-refractivity contribution is 0.318. The van der Waals surface area contributed by atoms with Gasteiger partial charge in [-0.2, -0.15) is 0 Å². The van der Waals surface area contributed by atoms with Gasteiger partial charge in [-0.15, -0.1) is 0 Å². The Bertz CT molecular complexity index is 655. The number of benzene rings is 1. The molecule has 0 fully saturated rings. The Labute approximate surface area is 128 Å². The third-order valence-corrected chi connectivity index (χ3v) is 3.32. The van der Waals surface area contributed by atoms with Crippen molar-refractivity contribution in [3.8, 4) is 0 Å². The highest BCUT2D eigenvalue weighted by Gasteiger charge is 2.08. The zero-order valence-corrected chi connectivity index (χ0v) is 12.7. The molecule has 6 heteroatoms. The summed E-state index contributed by atoms with van der Waals surface area (Å²) in [5, 5.41) is 12.5. The summed E-state index contributed by atoms with van der Waals surface area (Å²) in [5.74, 6) is 0.827. The van der Waals surface area contributed by atoms with Crippen LogP contribution in [0.5, 0.6) is 0 Å². The Balaban J connectivity index is 2.24. The van der Waals surface area contributed by atoms with Gasteiger partial charge in [-0.25, -0.2) is 4.98 Å². The van der Waals surface area contributed by atoms with Crippen molar-refractivity contribution in [2.45, 2.75) is 13.5 Å². The van der Waals surface area contributed by atoms with E-state index in [0.717, 1.165) is 17.1 Å². The molecule has 0 bridgehead atoms. The van der Waals surface area contributed by atoms with Crippen LogP contribution < -0.4 is 10.6 Å².